The van der Waals surface area contributed by atoms with Gasteiger partial charge in [0, 0.05) is 17.5 Å². The Balaban J connectivity index is 1.63. The first-order valence-corrected chi connectivity index (χ1v) is 11.7. The predicted molar refractivity (Wildman–Crippen MR) is 131 cm³/mol. The lowest BCUT2D eigenvalue weighted by Crippen LogP contribution is -2.30. The smallest absolute Gasteiger partial charge is 0.163 e. The van der Waals surface area contributed by atoms with Crippen LogP contribution in [0.25, 0.3) is 11.3 Å². The van der Waals surface area contributed by atoms with Crippen molar-refractivity contribution in [3.63, 3.8) is 0 Å². The molecule has 2 aromatic carbocycles. The van der Waals surface area contributed by atoms with Crippen LogP contribution >= 0.6 is 11.6 Å². The quantitative estimate of drug-likeness (QED) is 0.354. The van der Waals surface area contributed by atoms with Gasteiger partial charge in [0.25, 0.3) is 0 Å². The van der Waals surface area contributed by atoms with Gasteiger partial charge >= 0.3 is 0 Å². The largest absolute Gasteiger partial charge is 0.494 e. The van der Waals surface area contributed by atoms with Gasteiger partial charge in [0.1, 0.15) is 22.9 Å². The zero-order chi connectivity index (χ0) is 25.2. The summed E-state index contributed by atoms with van der Waals surface area (Å²) in [5, 5.41) is 11.7. The number of benzene rings is 2. The Bertz CT molecular complexity index is 1250. The average molecular weight is 500 g/mol. The van der Waals surface area contributed by atoms with Crippen molar-refractivity contribution in [1.29, 1.82) is 0 Å². The molecule has 1 saturated carbocycles. The van der Waals surface area contributed by atoms with E-state index in [9.17, 15) is 14.3 Å². The Labute approximate surface area is 208 Å². The van der Waals surface area contributed by atoms with Crippen molar-refractivity contribution >= 4 is 17.4 Å². The molecular weight excluding hydrogens is 473 g/mol. The Hall–Kier alpha value is -3.16. The maximum absolute atomic E-state index is 13.7. The minimum Gasteiger partial charge on any atom is -0.494 e. The number of carbonyl (C=O) groups is 1. The molecule has 35 heavy (non-hydrogen) atoms. The van der Waals surface area contributed by atoms with E-state index in [4.69, 9.17) is 30.8 Å². The van der Waals surface area contributed by atoms with Gasteiger partial charge in [-0.05, 0) is 73.7 Å². The third-order valence-corrected chi connectivity index (χ3v) is 6.70. The molecule has 4 rings (SSSR count). The molecular formula is C27H27ClFNO5. The minimum atomic E-state index is -1.29. The van der Waals surface area contributed by atoms with Crippen LogP contribution in [0.2, 0.25) is 5.02 Å². The fourth-order valence-corrected chi connectivity index (χ4v) is 4.44. The molecule has 1 atom stereocenters. The molecule has 0 bridgehead atoms. The Morgan fingerprint density at radius 2 is 1.71 bits per heavy atom. The van der Waals surface area contributed by atoms with E-state index < -0.39 is 11.4 Å². The summed E-state index contributed by atoms with van der Waals surface area (Å²) in [6.45, 7) is 0. The molecule has 6 nitrogen and oxygen atoms in total. The number of aliphatic hydroxyl groups is 1. The van der Waals surface area contributed by atoms with Crippen LogP contribution < -0.4 is 14.2 Å². The summed E-state index contributed by atoms with van der Waals surface area (Å²) in [5.74, 6) is 0.810. The lowest BCUT2D eigenvalue weighted by molar-refractivity contribution is -0.00110. The average Bonchev–Trinajstić information content (AvgIpc) is 3.74. The molecule has 1 N–H and O–H groups in total. The van der Waals surface area contributed by atoms with E-state index in [1.165, 1.54) is 33.5 Å². The Kier molecular flexibility index (Phi) is 7.28. The highest BCUT2D eigenvalue weighted by Gasteiger charge is 2.46. The summed E-state index contributed by atoms with van der Waals surface area (Å²) in [6.07, 6.45) is 2.00. The Morgan fingerprint density at radius 3 is 2.34 bits per heavy atom. The van der Waals surface area contributed by atoms with Crippen LogP contribution in [0, 0.1) is 11.7 Å². The number of carbonyl (C=O) groups excluding carboxylic acids is 1. The van der Waals surface area contributed by atoms with Crippen molar-refractivity contribution in [1.82, 2.24) is 4.98 Å². The number of ketones is 1. The summed E-state index contributed by atoms with van der Waals surface area (Å²) >= 11 is 5.99. The number of hydrogen-bond acceptors (Lipinski definition) is 6. The third-order valence-electron chi connectivity index (χ3n) is 6.41. The number of rotatable bonds is 10. The van der Waals surface area contributed by atoms with E-state index in [0.717, 1.165) is 12.8 Å². The summed E-state index contributed by atoms with van der Waals surface area (Å²) in [6, 6.07) is 12.7. The molecule has 0 aliphatic heterocycles. The highest BCUT2D eigenvalue weighted by Crippen LogP contribution is 2.49. The van der Waals surface area contributed by atoms with Crippen LogP contribution in [0.3, 0.4) is 0 Å². The van der Waals surface area contributed by atoms with Gasteiger partial charge in [0.05, 0.1) is 32.0 Å². The van der Waals surface area contributed by atoms with Gasteiger partial charge in [-0.15, -0.1) is 0 Å². The molecule has 0 saturated heterocycles. The number of ether oxygens (including phenoxy) is 3. The van der Waals surface area contributed by atoms with Gasteiger partial charge in [-0.25, -0.2) is 9.37 Å². The lowest BCUT2D eigenvalue weighted by atomic mass is 9.86. The molecule has 0 radical (unpaired) electrons. The van der Waals surface area contributed by atoms with Crippen molar-refractivity contribution in [2.45, 2.75) is 31.3 Å². The highest BCUT2D eigenvalue weighted by molar-refractivity contribution is 6.31. The zero-order valence-corrected chi connectivity index (χ0v) is 20.6. The number of pyridine rings is 1. The number of hydrogen-bond donors (Lipinski definition) is 1. The molecule has 8 heteroatoms. The van der Waals surface area contributed by atoms with Crippen molar-refractivity contribution in [2.75, 3.05) is 21.3 Å². The van der Waals surface area contributed by atoms with Gasteiger partial charge in [-0.3, -0.25) is 4.79 Å². The molecule has 1 fully saturated rings. The zero-order valence-electron chi connectivity index (χ0n) is 19.8. The lowest BCUT2D eigenvalue weighted by Gasteiger charge is -2.28. The predicted octanol–water partition coefficient (Wildman–Crippen LogP) is 5.83. The minimum absolute atomic E-state index is 0.00810. The Morgan fingerprint density at radius 1 is 1.03 bits per heavy atom. The second-order valence-electron chi connectivity index (χ2n) is 8.57. The maximum atomic E-state index is 13.7. The van der Waals surface area contributed by atoms with E-state index in [1.807, 2.05) is 0 Å². The topological polar surface area (TPSA) is 77.9 Å². The van der Waals surface area contributed by atoms with Gasteiger partial charge < -0.3 is 19.3 Å². The summed E-state index contributed by atoms with van der Waals surface area (Å²) in [5.41, 5.74) is 0.630. The molecule has 184 valence electrons. The number of halogens is 2. The second kappa shape index (κ2) is 10.2. The van der Waals surface area contributed by atoms with E-state index in [0.29, 0.717) is 39.8 Å². The van der Waals surface area contributed by atoms with Crippen molar-refractivity contribution < 1.29 is 28.5 Å². The number of nitrogens with zero attached hydrogens (tertiary/aromatic N) is 1. The molecule has 3 aromatic rings. The van der Waals surface area contributed by atoms with Gasteiger partial charge in [-0.2, -0.15) is 0 Å². The maximum Gasteiger partial charge on any atom is 0.163 e. The first kappa shape index (κ1) is 24.9. The SMILES string of the molecule is COc1ccc(C(=O)CCC(O)(c2ccc(OC)c(-c3ccc(F)c(Cl)c3)n2)C2CC2)cc1OC. The molecule has 0 spiro atoms. The summed E-state index contributed by atoms with van der Waals surface area (Å²) in [4.78, 5) is 17.7. The molecule has 1 aromatic heterocycles. The monoisotopic (exact) mass is 499 g/mol. The third kappa shape index (κ3) is 5.11. The van der Waals surface area contributed by atoms with Crippen LogP contribution in [-0.4, -0.2) is 37.2 Å². The fourth-order valence-electron chi connectivity index (χ4n) is 4.26. The number of Topliss-reactive ketones (excluding diaryl/α,β-unsaturated/α-hetero) is 1. The van der Waals surface area contributed by atoms with E-state index in [-0.39, 0.29) is 29.6 Å². The molecule has 1 heterocycles. The summed E-state index contributed by atoms with van der Waals surface area (Å²) < 4.78 is 29.7. The van der Waals surface area contributed by atoms with Crippen LogP contribution in [0.15, 0.2) is 48.5 Å². The van der Waals surface area contributed by atoms with Crippen molar-refractivity contribution in [3.8, 4) is 28.5 Å². The van der Waals surface area contributed by atoms with Crippen LogP contribution in [0.5, 0.6) is 17.2 Å². The molecule has 1 unspecified atom stereocenters. The molecule has 1 aliphatic carbocycles. The van der Waals surface area contributed by atoms with Gasteiger partial charge in [-0.1, -0.05) is 11.6 Å². The number of aromatic nitrogens is 1. The highest BCUT2D eigenvalue weighted by atomic mass is 35.5. The van der Waals surface area contributed by atoms with E-state index in [2.05, 4.69) is 0 Å². The standard InChI is InChI=1S/C27H27ClFNO5/c1-33-22-9-5-16(15-24(22)35-3)21(31)12-13-27(32,18-6-7-18)25-11-10-23(34-2)26(30-25)17-4-8-20(29)19(28)14-17/h4-5,8-11,14-15,18,32H,6-7,12-13H2,1-3H3. The second-order valence-corrected chi connectivity index (χ2v) is 8.97. The number of methoxy groups -OCH3 is 3. The molecule has 0 amide bonds. The van der Waals surface area contributed by atoms with Crippen molar-refractivity contribution in [2.24, 2.45) is 5.92 Å². The van der Waals surface area contributed by atoms with Crippen molar-refractivity contribution in [3.05, 3.63) is 70.6 Å². The first-order chi connectivity index (χ1) is 16.8. The van der Waals surface area contributed by atoms with Crippen LogP contribution in [-0.2, 0) is 5.60 Å². The van der Waals surface area contributed by atoms with Gasteiger partial charge in [0.2, 0.25) is 0 Å². The first-order valence-electron chi connectivity index (χ1n) is 11.3. The van der Waals surface area contributed by atoms with E-state index >= 15 is 0 Å². The van der Waals surface area contributed by atoms with Gasteiger partial charge in [0.15, 0.2) is 17.3 Å². The summed E-state index contributed by atoms with van der Waals surface area (Å²) in [7, 11) is 4.56. The van der Waals surface area contributed by atoms with Crippen LogP contribution in [0.4, 0.5) is 4.39 Å². The normalized spacial score (nSPS) is 14.8. The molecule has 1 aliphatic rings. The van der Waals surface area contributed by atoms with E-state index in [1.54, 1.807) is 36.4 Å². The fraction of sp³-hybridized carbons (Fsp3) is 0.333. The van der Waals surface area contributed by atoms with Crippen LogP contribution in [0.1, 0.15) is 41.7 Å².